The number of rotatable bonds is 7. The van der Waals surface area contributed by atoms with Gasteiger partial charge in [-0.3, -0.25) is 14.9 Å². The van der Waals surface area contributed by atoms with E-state index in [1.165, 1.54) is 0 Å². The maximum absolute atomic E-state index is 11.9. The summed E-state index contributed by atoms with van der Waals surface area (Å²) in [6, 6.07) is 16.8. The number of para-hydroxylation sites is 1. The summed E-state index contributed by atoms with van der Waals surface area (Å²) in [4.78, 5) is 16.2. The lowest BCUT2D eigenvalue weighted by molar-refractivity contribution is 0.100. The highest BCUT2D eigenvalue weighted by Gasteiger charge is 2.14. The van der Waals surface area contributed by atoms with Crippen LogP contribution >= 0.6 is 0 Å². The minimum absolute atomic E-state index is 0.365. The van der Waals surface area contributed by atoms with Crippen LogP contribution in [0.2, 0.25) is 0 Å². The highest BCUT2D eigenvalue weighted by atomic mass is 16.5. The SMILES string of the molecule is CCOc1cccc(C(N)=O)c1Nc1ccc2c(C=Cc3ccccn3)n[nH]c2c1. The lowest BCUT2D eigenvalue weighted by atomic mass is 10.1. The Morgan fingerprint density at radius 3 is 2.83 bits per heavy atom. The van der Waals surface area contributed by atoms with Crippen molar-refractivity contribution in [3.8, 4) is 5.75 Å². The minimum atomic E-state index is -0.524. The molecule has 2 heterocycles. The van der Waals surface area contributed by atoms with Gasteiger partial charge in [-0.2, -0.15) is 5.10 Å². The topological polar surface area (TPSA) is 106 Å². The number of benzene rings is 2. The van der Waals surface area contributed by atoms with Gasteiger partial charge in [0.2, 0.25) is 0 Å². The van der Waals surface area contributed by atoms with Gasteiger partial charge < -0.3 is 15.8 Å². The van der Waals surface area contributed by atoms with Gasteiger partial charge in [-0.25, -0.2) is 0 Å². The number of nitrogens with two attached hydrogens (primary N) is 1. The van der Waals surface area contributed by atoms with Crippen LogP contribution in [0.15, 0.2) is 60.8 Å². The zero-order valence-electron chi connectivity index (χ0n) is 16.4. The van der Waals surface area contributed by atoms with Gasteiger partial charge in [0.05, 0.1) is 34.8 Å². The molecule has 150 valence electrons. The molecule has 0 radical (unpaired) electrons. The molecular weight excluding hydrogens is 378 g/mol. The molecule has 0 saturated heterocycles. The molecule has 2 aromatic carbocycles. The highest BCUT2D eigenvalue weighted by molar-refractivity contribution is 6.01. The normalized spacial score (nSPS) is 11.1. The lowest BCUT2D eigenvalue weighted by Crippen LogP contribution is -2.14. The quantitative estimate of drug-likeness (QED) is 0.428. The molecule has 1 amide bonds. The molecule has 7 heteroatoms. The molecule has 2 aromatic heterocycles. The molecule has 0 aliphatic rings. The second-order valence-electron chi connectivity index (χ2n) is 6.56. The van der Waals surface area contributed by atoms with E-state index in [-0.39, 0.29) is 0 Å². The van der Waals surface area contributed by atoms with E-state index in [9.17, 15) is 4.79 Å². The van der Waals surface area contributed by atoms with Crippen LogP contribution < -0.4 is 15.8 Å². The van der Waals surface area contributed by atoms with E-state index in [1.54, 1.807) is 24.4 Å². The Morgan fingerprint density at radius 2 is 2.07 bits per heavy atom. The maximum Gasteiger partial charge on any atom is 0.250 e. The van der Waals surface area contributed by atoms with Crippen LogP contribution in [0.25, 0.3) is 23.1 Å². The smallest absolute Gasteiger partial charge is 0.250 e. The number of aromatic amines is 1. The summed E-state index contributed by atoms with van der Waals surface area (Å²) in [5.41, 5.74) is 9.76. The van der Waals surface area contributed by atoms with Crippen molar-refractivity contribution in [2.45, 2.75) is 6.92 Å². The number of amides is 1. The molecule has 7 nitrogen and oxygen atoms in total. The van der Waals surface area contributed by atoms with Crippen LogP contribution in [0.1, 0.15) is 28.7 Å². The number of fused-ring (bicyclic) bond motifs is 1. The summed E-state index contributed by atoms with van der Waals surface area (Å²) >= 11 is 0. The first-order valence-corrected chi connectivity index (χ1v) is 9.55. The van der Waals surface area contributed by atoms with E-state index in [2.05, 4.69) is 20.5 Å². The van der Waals surface area contributed by atoms with Crippen molar-refractivity contribution in [3.05, 3.63) is 77.7 Å². The van der Waals surface area contributed by atoms with Crippen LogP contribution in [0.3, 0.4) is 0 Å². The number of nitrogens with one attached hydrogen (secondary N) is 2. The first kappa shape index (κ1) is 19.2. The molecule has 0 unspecified atom stereocenters. The molecule has 0 fully saturated rings. The largest absolute Gasteiger partial charge is 0.492 e. The molecule has 30 heavy (non-hydrogen) atoms. The number of H-pyrrole nitrogens is 1. The highest BCUT2D eigenvalue weighted by Crippen LogP contribution is 2.32. The van der Waals surface area contributed by atoms with E-state index in [0.29, 0.717) is 23.6 Å². The number of pyridine rings is 1. The average Bonchev–Trinajstić information content (AvgIpc) is 3.16. The zero-order chi connectivity index (χ0) is 20.9. The first-order valence-electron chi connectivity index (χ1n) is 9.55. The van der Waals surface area contributed by atoms with Gasteiger partial charge in [0, 0.05) is 17.3 Å². The molecule has 4 rings (SSSR count). The number of ether oxygens (including phenoxy) is 1. The summed E-state index contributed by atoms with van der Waals surface area (Å²) in [5, 5.41) is 11.7. The van der Waals surface area contributed by atoms with Crippen molar-refractivity contribution < 1.29 is 9.53 Å². The number of aromatic nitrogens is 3. The van der Waals surface area contributed by atoms with Crippen molar-refractivity contribution in [1.82, 2.24) is 15.2 Å². The fraction of sp³-hybridized carbons (Fsp3) is 0.0870. The Hall–Kier alpha value is -4.13. The van der Waals surface area contributed by atoms with E-state index >= 15 is 0 Å². The maximum atomic E-state index is 11.9. The number of hydrogen-bond donors (Lipinski definition) is 3. The van der Waals surface area contributed by atoms with Crippen molar-refractivity contribution in [3.63, 3.8) is 0 Å². The van der Waals surface area contributed by atoms with Crippen LogP contribution in [-0.4, -0.2) is 27.7 Å². The Kier molecular flexibility index (Phi) is 5.43. The van der Waals surface area contributed by atoms with Gasteiger partial charge >= 0.3 is 0 Å². The molecule has 0 spiro atoms. The predicted octanol–water partition coefficient (Wildman–Crippen LogP) is 4.37. The van der Waals surface area contributed by atoms with Crippen LogP contribution in [-0.2, 0) is 0 Å². The van der Waals surface area contributed by atoms with Gasteiger partial charge in [-0.15, -0.1) is 0 Å². The van der Waals surface area contributed by atoms with Crippen molar-refractivity contribution in [2.24, 2.45) is 5.73 Å². The molecule has 0 atom stereocenters. The van der Waals surface area contributed by atoms with E-state index in [1.807, 2.05) is 55.5 Å². The molecular formula is C23H21N5O2. The molecule has 4 N–H and O–H groups in total. The van der Waals surface area contributed by atoms with E-state index < -0.39 is 5.91 Å². The Balaban J connectivity index is 1.65. The Labute approximate surface area is 173 Å². The summed E-state index contributed by atoms with van der Waals surface area (Å²) in [5.74, 6) is 0.0427. The Bertz CT molecular complexity index is 1210. The average molecular weight is 399 g/mol. The molecule has 0 bridgehead atoms. The monoisotopic (exact) mass is 399 g/mol. The third-order valence-corrected chi connectivity index (χ3v) is 4.55. The van der Waals surface area contributed by atoms with Crippen LogP contribution in [0.5, 0.6) is 5.75 Å². The molecule has 4 aromatic rings. The molecule has 0 aliphatic carbocycles. The summed E-state index contributed by atoms with van der Waals surface area (Å²) < 4.78 is 5.66. The predicted molar refractivity (Wildman–Crippen MR) is 119 cm³/mol. The summed E-state index contributed by atoms with van der Waals surface area (Å²) in [6.45, 7) is 2.36. The third kappa shape index (κ3) is 4.00. The zero-order valence-corrected chi connectivity index (χ0v) is 16.4. The van der Waals surface area contributed by atoms with Crippen molar-refractivity contribution in [2.75, 3.05) is 11.9 Å². The van der Waals surface area contributed by atoms with Gasteiger partial charge in [-0.05, 0) is 61.5 Å². The van der Waals surface area contributed by atoms with E-state index in [4.69, 9.17) is 10.5 Å². The van der Waals surface area contributed by atoms with Crippen molar-refractivity contribution >= 4 is 40.3 Å². The fourth-order valence-electron chi connectivity index (χ4n) is 3.17. The Morgan fingerprint density at radius 1 is 1.17 bits per heavy atom. The van der Waals surface area contributed by atoms with Gasteiger partial charge in [0.1, 0.15) is 5.75 Å². The molecule has 0 saturated carbocycles. The number of anilines is 2. The van der Waals surface area contributed by atoms with Gasteiger partial charge in [0.25, 0.3) is 5.91 Å². The second kappa shape index (κ2) is 8.48. The summed E-state index contributed by atoms with van der Waals surface area (Å²) in [6.07, 6.45) is 5.59. The number of carbonyl (C=O) groups excluding carboxylic acids is 1. The number of hydrogen-bond acceptors (Lipinski definition) is 5. The number of carbonyl (C=O) groups is 1. The van der Waals surface area contributed by atoms with Crippen LogP contribution in [0, 0.1) is 0 Å². The third-order valence-electron chi connectivity index (χ3n) is 4.55. The van der Waals surface area contributed by atoms with Crippen molar-refractivity contribution in [1.29, 1.82) is 0 Å². The lowest BCUT2D eigenvalue weighted by Gasteiger charge is -2.15. The minimum Gasteiger partial charge on any atom is -0.492 e. The van der Waals surface area contributed by atoms with Crippen LogP contribution in [0.4, 0.5) is 11.4 Å². The number of nitrogens with zero attached hydrogens (tertiary/aromatic N) is 2. The number of primary amides is 1. The second-order valence-corrected chi connectivity index (χ2v) is 6.56. The first-order chi connectivity index (χ1) is 14.7. The summed E-state index contributed by atoms with van der Waals surface area (Å²) in [7, 11) is 0. The standard InChI is InChI=1S/C23H21N5O2/c1-2-30-21-8-5-7-18(23(24)29)22(21)26-16-9-11-17-19(27-28-20(17)14-16)12-10-15-6-3-4-13-25-15/h3-14,26H,2H2,1H3,(H2,24,29)(H,27,28). The van der Waals surface area contributed by atoms with Gasteiger partial charge in [0.15, 0.2) is 0 Å². The van der Waals surface area contributed by atoms with Gasteiger partial charge in [-0.1, -0.05) is 12.1 Å². The fourth-order valence-corrected chi connectivity index (χ4v) is 3.17. The molecule has 0 aliphatic heterocycles. The van der Waals surface area contributed by atoms with E-state index in [0.717, 1.165) is 28.0 Å².